The summed E-state index contributed by atoms with van der Waals surface area (Å²) in [7, 11) is -3.31. The lowest BCUT2D eigenvalue weighted by Gasteiger charge is -1.99. The number of rotatable bonds is 2. The Morgan fingerprint density at radius 3 is 2.67 bits per heavy atom. The van der Waals surface area contributed by atoms with Gasteiger partial charge in [-0.2, -0.15) is 0 Å². The van der Waals surface area contributed by atoms with Crippen LogP contribution >= 0.6 is 11.6 Å². The molecule has 21 heavy (non-hydrogen) atoms. The van der Waals surface area contributed by atoms with Gasteiger partial charge in [0.15, 0.2) is 9.84 Å². The number of H-pyrrole nitrogens is 1. The van der Waals surface area contributed by atoms with Gasteiger partial charge >= 0.3 is 0 Å². The number of sulfone groups is 1. The van der Waals surface area contributed by atoms with Crippen LogP contribution in [0.25, 0.3) is 22.4 Å². The molecule has 0 spiro atoms. The van der Waals surface area contributed by atoms with Crippen molar-refractivity contribution in [2.75, 3.05) is 6.26 Å². The molecule has 1 aromatic heterocycles. The van der Waals surface area contributed by atoms with Crippen LogP contribution in [0.2, 0.25) is 5.02 Å². The Balaban J connectivity index is 2.20. The van der Waals surface area contributed by atoms with Crippen molar-refractivity contribution in [1.29, 1.82) is 0 Å². The Hall–Kier alpha value is -1.92. The van der Waals surface area contributed by atoms with Gasteiger partial charge in [0.05, 0.1) is 21.5 Å². The van der Waals surface area contributed by atoms with Crippen molar-refractivity contribution in [3.63, 3.8) is 0 Å². The van der Waals surface area contributed by atoms with Crippen LogP contribution in [0.3, 0.4) is 0 Å². The molecule has 0 unspecified atom stereocenters. The van der Waals surface area contributed by atoms with E-state index in [9.17, 15) is 12.8 Å². The van der Waals surface area contributed by atoms with Crippen molar-refractivity contribution < 1.29 is 12.8 Å². The number of imidazole rings is 1. The van der Waals surface area contributed by atoms with E-state index in [2.05, 4.69) is 9.97 Å². The van der Waals surface area contributed by atoms with Gasteiger partial charge in [-0.3, -0.25) is 0 Å². The fraction of sp³-hybridized carbons (Fsp3) is 0.0714. The second-order valence-electron chi connectivity index (χ2n) is 4.66. The van der Waals surface area contributed by atoms with Crippen LogP contribution in [-0.2, 0) is 9.84 Å². The van der Waals surface area contributed by atoms with E-state index < -0.39 is 15.7 Å². The Morgan fingerprint density at radius 1 is 1.19 bits per heavy atom. The lowest BCUT2D eigenvalue weighted by molar-refractivity contribution is 0.602. The lowest BCUT2D eigenvalue weighted by Crippen LogP contribution is -1.96. The molecule has 0 fully saturated rings. The summed E-state index contributed by atoms with van der Waals surface area (Å²) < 4.78 is 36.9. The van der Waals surface area contributed by atoms with Gasteiger partial charge in [0.1, 0.15) is 11.6 Å². The fourth-order valence-corrected chi connectivity index (χ4v) is 2.85. The van der Waals surface area contributed by atoms with Crippen LogP contribution in [0.4, 0.5) is 4.39 Å². The van der Waals surface area contributed by atoms with Crippen molar-refractivity contribution in [2.24, 2.45) is 0 Å². The van der Waals surface area contributed by atoms with Gasteiger partial charge in [-0.05, 0) is 36.4 Å². The molecule has 0 aliphatic heterocycles. The molecule has 0 aliphatic carbocycles. The summed E-state index contributed by atoms with van der Waals surface area (Å²) in [4.78, 5) is 7.35. The molecule has 1 N–H and O–H groups in total. The maximum absolute atomic E-state index is 13.8. The van der Waals surface area contributed by atoms with E-state index in [1.54, 1.807) is 6.07 Å². The van der Waals surface area contributed by atoms with Gasteiger partial charge in [-0.25, -0.2) is 17.8 Å². The van der Waals surface area contributed by atoms with Crippen LogP contribution in [0.5, 0.6) is 0 Å². The Labute approximate surface area is 125 Å². The summed E-state index contributed by atoms with van der Waals surface area (Å²) in [6, 6.07) is 8.69. The van der Waals surface area contributed by atoms with E-state index in [0.29, 0.717) is 21.9 Å². The van der Waals surface area contributed by atoms with E-state index in [-0.39, 0.29) is 10.5 Å². The maximum Gasteiger partial charge on any atom is 0.175 e. The molecule has 0 atom stereocenters. The van der Waals surface area contributed by atoms with Crippen molar-refractivity contribution in [3.8, 4) is 11.4 Å². The van der Waals surface area contributed by atoms with Crippen molar-refractivity contribution in [2.45, 2.75) is 4.90 Å². The van der Waals surface area contributed by atoms with Gasteiger partial charge in [-0.1, -0.05) is 11.6 Å². The number of halogens is 2. The van der Waals surface area contributed by atoms with E-state index in [1.807, 2.05) is 0 Å². The van der Waals surface area contributed by atoms with Gasteiger partial charge < -0.3 is 4.98 Å². The highest BCUT2D eigenvalue weighted by Gasteiger charge is 2.13. The van der Waals surface area contributed by atoms with Gasteiger partial charge in [-0.15, -0.1) is 0 Å². The molecule has 7 heteroatoms. The molecule has 2 aromatic carbocycles. The van der Waals surface area contributed by atoms with Crippen LogP contribution in [-0.4, -0.2) is 24.6 Å². The number of hydrogen-bond donors (Lipinski definition) is 1. The first-order valence-corrected chi connectivity index (χ1v) is 8.27. The molecular formula is C14H10ClFN2O2S. The predicted molar refractivity (Wildman–Crippen MR) is 79.6 cm³/mol. The minimum atomic E-state index is -3.31. The molecule has 3 aromatic rings. The third-order valence-electron chi connectivity index (χ3n) is 3.07. The number of hydrogen-bond acceptors (Lipinski definition) is 3. The molecule has 0 amide bonds. The summed E-state index contributed by atoms with van der Waals surface area (Å²) in [6.45, 7) is 0. The van der Waals surface area contributed by atoms with Gasteiger partial charge in [0, 0.05) is 11.3 Å². The molecule has 1 heterocycles. The zero-order valence-corrected chi connectivity index (χ0v) is 12.5. The minimum Gasteiger partial charge on any atom is -0.338 e. The van der Waals surface area contributed by atoms with Crippen molar-refractivity contribution in [3.05, 3.63) is 47.2 Å². The monoisotopic (exact) mass is 324 g/mol. The van der Waals surface area contributed by atoms with E-state index >= 15 is 0 Å². The smallest absolute Gasteiger partial charge is 0.175 e. The second-order valence-corrected chi connectivity index (χ2v) is 7.11. The molecule has 4 nitrogen and oxygen atoms in total. The number of aromatic amines is 1. The summed E-state index contributed by atoms with van der Waals surface area (Å²) in [5, 5.41) is 0.392. The maximum atomic E-state index is 13.8. The highest BCUT2D eigenvalue weighted by molar-refractivity contribution is 7.90. The van der Waals surface area contributed by atoms with Gasteiger partial charge in [0.25, 0.3) is 0 Å². The average Bonchev–Trinajstić information content (AvgIpc) is 2.83. The quantitative estimate of drug-likeness (QED) is 0.785. The van der Waals surface area contributed by atoms with Gasteiger partial charge in [0.2, 0.25) is 0 Å². The normalized spacial score (nSPS) is 12.0. The topological polar surface area (TPSA) is 62.8 Å². The second kappa shape index (κ2) is 4.82. The van der Waals surface area contributed by atoms with Crippen molar-refractivity contribution >= 4 is 32.5 Å². The molecular weight excluding hydrogens is 315 g/mol. The SMILES string of the molecule is CS(=O)(=O)c1ccc2nc(-c3cc(Cl)ccc3F)[nH]c2c1. The average molecular weight is 325 g/mol. The first kappa shape index (κ1) is 14.0. The van der Waals surface area contributed by atoms with Crippen LogP contribution < -0.4 is 0 Å². The first-order chi connectivity index (χ1) is 9.84. The highest BCUT2D eigenvalue weighted by Crippen LogP contribution is 2.26. The first-order valence-electron chi connectivity index (χ1n) is 6.00. The standard InChI is InChI=1S/C14H10ClFN2O2S/c1-21(19,20)9-3-5-12-13(7-9)18-14(17-12)10-6-8(15)2-4-11(10)16/h2-7H,1H3,(H,17,18). The number of fused-ring (bicyclic) bond motifs is 1. The third kappa shape index (κ3) is 2.64. The Bertz CT molecular complexity index is 951. The van der Waals surface area contributed by atoms with E-state index in [4.69, 9.17) is 11.6 Å². The fourth-order valence-electron chi connectivity index (χ4n) is 2.03. The summed E-state index contributed by atoms with van der Waals surface area (Å²) in [6.07, 6.45) is 1.13. The number of benzene rings is 2. The zero-order chi connectivity index (χ0) is 15.2. The summed E-state index contributed by atoms with van der Waals surface area (Å²) >= 11 is 5.86. The molecule has 0 saturated carbocycles. The minimum absolute atomic E-state index is 0.178. The van der Waals surface area contributed by atoms with Crippen LogP contribution in [0, 0.1) is 5.82 Å². The van der Waals surface area contributed by atoms with Crippen LogP contribution in [0.1, 0.15) is 0 Å². The number of aromatic nitrogens is 2. The summed E-state index contributed by atoms with van der Waals surface area (Å²) in [5.41, 5.74) is 1.31. The highest BCUT2D eigenvalue weighted by atomic mass is 35.5. The molecule has 0 aliphatic rings. The van der Waals surface area contributed by atoms with E-state index in [1.165, 1.54) is 30.3 Å². The molecule has 0 radical (unpaired) electrons. The van der Waals surface area contributed by atoms with E-state index in [0.717, 1.165) is 6.26 Å². The van der Waals surface area contributed by atoms with Crippen molar-refractivity contribution in [1.82, 2.24) is 9.97 Å². The zero-order valence-electron chi connectivity index (χ0n) is 10.9. The molecule has 0 bridgehead atoms. The largest absolute Gasteiger partial charge is 0.338 e. The number of nitrogens with one attached hydrogen (secondary N) is 1. The summed E-state index contributed by atoms with van der Waals surface area (Å²) in [5.74, 6) is -0.155. The Morgan fingerprint density at radius 2 is 1.95 bits per heavy atom. The Kier molecular flexibility index (Phi) is 3.22. The van der Waals surface area contributed by atoms with Crippen LogP contribution in [0.15, 0.2) is 41.3 Å². The molecule has 3 rings (SSSR count). The molecule has 108 valence electrons. The molecule has 0 saturated heterocycles. The predicted octanol–water partition coefficient (Wildman–Crippen LogP) is 3.43. The third-order valence-corrected chi connectivity index (χ3v) is 4.41. The lowest BCUT2D eigenvalue weighted by atomic mass is 10.2. The number of nitrogens with zero attached hydrogens (tertiary/aromatic N) is 1.